The van der Waals surface area contributed by atoms with E-state index in [1.165, 1.54) is 17.7 Å². The normalized spacial score (nSPS) is 12.2. The third-order valence-electron chi connectivity index (χ3n) is 3.38. The van der Waals surface area contributed by atoms with Gasteiger partial charge in [0.05, 0.1) is 12.2 Å². The van der Waals surface area contributed by atoms with E-state index in [1.54, 1.807) is 23.7 Å². The molecule has 0 aliphatic heterocycles. The summed E-state index contributed by atoms with van der Waals surface area (Å²) in [4.78, 5) is 22.2. The van der Waals surface area contributed by atoms with Gasteiger partial charge in [-0.25, -0.2) is 14.8 Å². The van der Waals surface area contributed by atoms with E-state index in [2.05, 4.69) is 34.2 Å². The van der Waals surface area contributed by atoms with Gasteiger partial charge in [0.1, 0.15) is 12.2 Å². The van der Waals surface area contributed by atoms with E-state index in [0.29, 0.717) is 17.6 Å². The number of urea groups is 1. The average Bonchev–Trinajstić information content (AvgIpc) is 3.08. The molecular formula is C13H20N6OS. The predicted molar refractivity (Wildman–Crippen MR) is 82.3 cm³/mol. The number of amides is 2. The lowest BCUT2D eigenvalue weighted by molar-refractivity contribution is 0.219. The molecule has 114 valence electrons. The van der Waals surface area contributed by atoms with Gasteiger partial charge >= 0.3 is 6.03 Å². The summed E-state index contributed by atoms with van der Waals surface area (Å²) in [6.07, 6.45) is 2.50. The molecule has 2 amide bonds. The second-order valence-electron chi connectivity index (χ2n) is 4.97. The number of aryl methyl sites for hydroxylation is 1. The number of rotatable bonds is 5. The molecule has 0 saturated carbocycles. The van der Waals surface area contributed by atoms with Crippen LogP contribution in [0.15, 0.2) is 11.7 Å². The van der Waals surface area contributed by atoms with Crippen LogP contribution in [0.25, 0.3) is 0 Å². The predicted octanol–water partition coefficient (Wildman–Crippen LogP) is 2.45. The van der Waals surface area contributed by atoms with Crippen LogP contribution in [0.2, 0.25) is 0 Å². The maximum Gasteiger partial charge on any atom is 0.323 e. The lowest BCUT2D eigenvalue weighted by Crippen LogP contribution is -2.31. The number of hydrogen-bond donors (Lipinski definition) is 1. The number of carbonyl (C=O) groups excluding carboxylic acids is 1. The van der Waals surface area contributed by atoms with E-state index < -0.39 is 0 Å². The van der Waals surface area contributed by atoms with E-state index in [9.17, 15) is 4.79 Å². The monoisotopic (exact) mass is 308 g/mol. The highest BCUT2D eigenvalue weighted by atomic mass is 32.1. The Morgan fingerprint density at radius 1 is 1.57 bits per heavy atom. The van der Waals surface area contributed by atoms with Crippen LogP contribution in [0.3, 0.4) is 0 Å². The first-order valence-electron chi connectivity index (χ1n) is 6.81. The van der Waals surface area contributed by atoms with Crippen molar-refractivity contribution < 1.29 is 4.79 Å². The van der Waals surface area contributed by atoms with Crippen molar-refractivity contribution in [2.75, 3.05) is 12.4 Å². The van der Waals surface area contributed by atoms with Gasteiger partial charge in [-0.2, -0.15) is 5.10 Å². The zero-order valence-electron chi connectivity index (χ0n) is 12.7. The number of nitrogens with zero attached hydrogens (tertiary/aromatic N) is 5. The van der Waals surface area contributed by atoms with Crippen molar-refractivity contribution in [3.63, 3.8) is 0 Å². The fourth-order valence-electron chi connectivity index (χ4n) is 1.71. The molecule has 0 aliphatic rings. The van der Waals surface area contributed by atoms with Crippen LogP contribution >= 0.6 is 11.3 Å². The summed E-state index contributed by atoms with van der Waals surface area (Å²) in [5.41, 5.74) is 1.02. The van der Waals surface area contributed by atoms with Crippen molar-refractivity contribution in [3.05, 3.63) is 23.2 Å². The molecule has 0 fully saturated rings. The Morgan fingerprint density at radius 2 is 2.33 bits per heavy atom. The van der Waals surface area contributed by atoms with Crippen molar-refractivity contribution in [2.24, 2.45) is 7.05 Å². The molecule has 1 atom stereocenters. The molecule has 1 N–H and O–H groups in total. The standard InChI is InChI=1S/C13H20N6OS/c1-5-9(2)10-7-21-12(16-10)17-13(20)18(3)6-11-14-8-15-19(11)4/h7-9H,5-6H2,1-4H3,(H,16,17,20)/t9-/m0/s1. The Labute approximate surface area is 128 Å². The summed E-state index contributed by atoms with van der Waals surface area (Å²) >= 11 is 1.45. The quantitative estimate of drug-likeness (QED) is 0.920. The minimum Gasteiger partial charge on any atom is -0.320 e. The highest BCUT2D eigenvalue weighted by molar-refractivity contribution is 7.13. The zero-order chi connectivity index (χ0) is 15.4. The SMILES string of the molecule is CC[C@H](C)c1csc(NC(=O)N(C)Cc2ncnn2C)n1. The number of thiazole rings is 1. The second-order valence-corrected chi connectivity index (χ2v) is 5.83. The molecule has 0 aliphatic carbocycles. The molecule has 21 heavy (non-hydrogen) atoms. The molecule has 0 radical (unpaired) electrons. The number of anilines is 1. The first kappa shape index (κ1) is 15.4. The maximum atomic E-state index is 12.1. The Hall–Kier alpha value is -1.96. The molecule has 0 unspecified atom stereocenters. The van der Waals surface area contributed by atoms with Crippen molar-refractivity contribution in [1.29, 1.82) is 0 Å². The van der Waals surface area contributed by atoms with Crippen molar-refractivity contribution in [3.8, 4) is 0 Å². The lowest BCUT2D eigenvalue weighted by atomic mass is 10.1. The van der Waals surface area contributed by atoms with Gasteiger partial charge in [-0.1, -0.05) is 13.8 Å². The largest absolute Gasteiger partial charge is 0.323 e. The molecule has 0 bridgehead atoms. The number of hydrogen-bond acceptors (Lipinski definition) is 5. The molecule has 2 aromatic heterocycles. The number of nitrogens with one attached hydrogen (secondary N) is 1. The fraction of sp³-hybridized carbons (Fsp3) is 0.538. The van der Waals surface area contributed by atoms with E-state index in [1.807, 2.05) is 5.38 Å². The molecule has 8 heteroatoms. The summed E-state index contributed by atoms with van der Waals surface area (Å²) in [5, 5.41) is 9.41. The third kappa shape index (κ3) is 3.78. The van der Waals surface area contributed by atoms with E-state index in [-0.39, 0.29) is 6.03 Å². The molecule has 2 heterocycles. The van der Waals surface area contributed by atoms with Gasteiger partial charge in [0.25, 0.3) is 0 Å². The minimum atomic E-state index is -0.206. The minimum absolute atomic E-state index is 0.206. The Morgan fingerprint density at radius 3 is 2.95 bits per heavy atom. The van der Waals surface area contributed by atoms with Crippen molar-refractivity contribution in [1.82, 2.24) is 24.6 Å². The number of aromatic nitrogens is 4. The summed E-state index contributed by atoms with van der Waals surface area (Å²) < 4.78 is 1.65. The van der Waals surface area contributed by atoms with Gasteiger partial charge in [0.15, 0.2) is 5.13 Å². The van der Waals surface area contributed by atoms with Gasteiger partial charge in [-0.15, -0.1) is 11.3 Å². The van der Waals surface area contributed by atoms with Crippen LogP contribution in [0.5, 0.6) is 0 Å². The summed E-state index contributed by atoms with van der Waals surface area (Å²) in [5.74, 6) is 1.13. The zero-order valence-corrected chi connectivity index (χ0v) is 13.5. The Kier molecular flexibility index (Phi) is 4.89. The highest BCUT2D eigenvalue weighted by Crippen LogP contribution is 2.24. The molecule has 7 nitrogen and oxygen atoms in total. The van der Waals surface area contributed by atoms with Crippen LogP contribution in [-0.4, -0.2) is 37.7 Å². The van der Waals surface area contributed by atoms with Crippen LogP contribution in [0.4, 0.5) is 9.93 Å². The highest BCUT2D eigenvalue weighted by Gasteiger charge is 2.15. The van der Waals surface area contributed by atoms with Gasteiger partial charge in [0, 0.05) is 19.5 Å². The second kappa shape index (κ2) is 6.66. The van der Waals surface area contributed by atoms with Crippen molar-refractivity contribution >= 4 is 22.5 Å². The van der Waals surface area contributed by atoms with Gasteiger partial charge < -0.3 is 4.90 Å². The van der Waals surface area contributed by atoms with E-state index >= 15 is 0 Å². The molecule has 0 spiro atoms. The van der Waals surface area contributed by atoms with Crippen LogP contribution in [0, 0.1) is 0 Å². The molecule has 2 aromatic rings. The Balaban J connectivity index is 1.94. The van der Waals surface area contributed by atoms with E-state index in [0.717, 1.165) is 17.9 Å². The number of carbonyl (C=O) groups is 1. The smallest absolute Gasteiger partial charge is 0.320 e. The summed E-state index contributed by atoms with van der Waals surface area (Å²) in [6.45, 7) is 4.64. The average molecular weight is 308 g/mol. The summed E-state index contributed by atoms with van der Waals surface area (Å²) in [6, 6.07) is -0.206. The third-order valence-corrected chi connectivity index (χ3v) is 4.16. The summed E-state index contributed by atoms with van der Waals surface area (Å²) in [7, 11) is 3.51. The van der Waals surface area contributed by atoms with Gasteiger partial charge in [0.2, 0.25) is 0 Å². The van der Waals surface area contributed by atoms with E-state index in [4.69, 9.17) is 0 Å². The lowest BCUT2D eigenvalue weighted by Gasteiger charge is -2.16. The van der Waals surface area contributed by atoms with Crippen LogP contribution < -0.4 is 5.32 Å². The van der Waals surface area contributed by atoms with Crippen LogP contribution in [-0.2, 0) is 13.6 Å². The van der Waals surface area contributed by atoms with Crippen molar-refractivity contribution in [2.45, 2.75) is 32.7 Å². The van der Waals surface area contributed by atoms with Crippen LogP contribution in [0.1, 0.15) is 37.7 Å². The first-order valence-corrected chi connectivity index (χ1v) is 7.69. The topological polar surface area (TPSA) is 75.9 Å². The molecule has 0 saturated heterocycles. The van der Waals surface area contributed by atoms with Gasteiger partial charge in [-0.3, -0.25) is 10.00 Å². The molecular weight excluding hydrogens is 288 g/mol. The molecule has 2 rings (SSSR count). The Bertz CT molecular complexity index is 607. The first-order chi connectivity index (χ1) is 10.0. The van der Waals surface area contributed by atoms with Gasteiger partial charge in [-0.05, 0) is 12.3 Å². The fourth-order valence-corrected chi connectivity index (χ4v) is 2.53. The maximum absolute atomic E-state index is 12.1. The molecule has 0 aromatic carbocycles.